The van der Waals surface area contributed by atoms with Gasteiger partial charge in [-0.2, -0.15) is 18.2 Å². The molecule has 1 aliphatic heterocycles. The predicted octanol–water partition coefficient (Wildman–Crippen LogP) is 4.23. The summed E-state index contributed by atoms with van der Waals surface area (Å²) in [6, 6.07) is -0.725. The first-order valence-corrected chi connectivity index (χ1v) is 8.44. The van der Waals surface area contributed by atoms with Crippen LogP contribution in [0.5, 0.6) is 0 Å². The fraction of sp³-hybridized carbons (Fsp3) is 0.333. The van der Waals surface area contributed by atoms with E-state index in [4.69, 9.17) is 0 Å². The van der Waals surface area contributed by atoms with Gasteiger partial charge in [0.1, 0.15) is 11.3 Å². The number of halogens is 7. The number of carbonyl (C=O) groups excluding carboxylic acids is 1. The maximum atomic E-state index is 14.2. The SMILES string of the molecule is O=C(/N=c1\sccn1-c1c(F)c(F)c(C(F)(F)F)c(F)c1F)N1CCCC1. The summed E-state index contributed by atoms with van der Waals surface area (Å²) in [6.07, 6.45) is -3.18. The largest absolute Gasteiger partial charge is 0.422 e. The lowest BCUT2D eigenvalue weighted by atomic mass is 10.1. The number of likely N-dealkylation sites (tertiary alicyclic amines) is 1. The first-order chi connectivity index (χ1) is 12.6. The van der Waals surface area contributed by atoms with Crippen LogP contribution in [0, 0.1) is 23.3 Å². The molecule has 146 valence electrons. The number of benzene rings is 1. The van der Waals surface area contributed by atoms with Crippen molar-refractivity contribution in [2.24, 2.45) is 4.99 Å². The minimum Gasteiger partial charge on any atom is -0.323 e. The third-order valence-corrected chi connectivity index (χ3v) is 4.68. The molecule has 0 saturated carbocycles. The van der Waals surface area contributed by atoms with Gasteiger partial charge in [-0.3, -0.25) is 4.57 Å². The number of rotatable bonds is 1. The zero-order valence-corrected chi connectivity index (χ0v) is 14.1. The van der Waals surface area contributed by atoms with Crippen molar-refractivity contribution in [1.82, 2.24) is 9.47 Å². The third kappa shape index (κ3) is 3.45. The number of aromatic nitrogens is 1. The van der Waals surface area contributed by atoms with E-state index >= 15 is 0 Å². The zero-order valence-electron chi connectivity index (χ0n) is 13.3. The van der Waals surface area contributed by atoms with Gasteiger partial charge in [-0.25, -0.2) is 22.4 Å². The van der Waals surface area contributed by atoms with Crippen LogP contribution in [0.1, 0.15) is 18.4 Å². The first-order valence-electron chi connectivity index (χ1n) is 7.56. The van der Waals surface area contributed by atoms with Crippen LogP contribution < -0.4 is 4.80 Å². The Morgan fingerprint density at radius 2 is 1.56 bits per heavy atom. The molecular formula is C15H10F7N3OS. The maximum Gasteiger partial charge on any atom is 0.422 e. The molecule has 1 saturated heterocycles. The lowest BCUT2D eigenvalue weighted by Gasteiger charge is -2.15. The van der Waals surface area contributed by atoms with E-state index in [-0.39, 0.29) is 4.80 Å². The van der Waals surface area contributed by atoms with Crippen LogP contribution in [-0.4, -0.2) is 28.6 Å². The lowest BCUT2D eigenvalue weighted by molar-refractivity contribution is -0.143. The molecule has 0 atom stereocenters. The number of nitrogens with zero attached hydrogens (tertiary/aromatic N) is 3. The molecule has 0 aliphatic carbocycles. The van der Waals surface area contributed by atoms with Crippen LogP contribution in [0.25, 0.3) is 5.69 Å². The molecule has 1 aromatic carbocycles. The minimum atomic E-state index is -5.63. The van der Waals surface area contributed by atoms with E-state index in [1.54, 1.807) is 0 Å². The second kappa shape index (κ2) is 6.98. The highest BCUT2D eigenvalue weighted by Crippen LogP contribution is 2.37. The number of hydrogen-bond acceptors (Lipinski definition) is 2. The number of alkyl halides is 3. The van der Waals surface area contributed by atoms with Crippen LogP contribution in [0.4, 0.5) is 35.5 Å². The van der Waals surface area contributed by atoms with Gasteiger partial charge in [-0.1, -0.05) is 0 Å². The van der Waals surface area contributed by atoms with Gasteiger partial charge in [0.05, 0.1) is 0 Å². The number of carbonyl (C=O) groups is 1. The Morgan fingerprint density at radius 1 is 1.00 bits per heavy atom. The number of urea groups is 1. The van der Waals surface area contributed by atoms with Crippen molar-refractivity contribution in [3.63, 3.8) is 0 Å². The molecule has 4 nitrogen and oxygen atoms in total. The fourth-order valence-electron chi connectivity index (χ4n) is 2.66. The summed E-state index contributed by atoms with van der Waals surface area (Å²) < 4.78 is 94.5. The molecular weight excluding hydrogens is 403 g/mol. The molecule has 0 N–H and O–H groups in total. The monoisotopic (exact) mass is 413 g/mol. The molecule has 0 unspecified atom stereocenters. The van der Waals surface area contributed by atoms with Gasteiger partial charge in [-0.05, 0) is 12.8 Å². The van der Waals surface area contributed by atoms with Crippen molar-refractivity contribution in [3.8, 4) is 5.69 Å². The Hall–Kier alpha value is -2.37. The van der Waals surface area contributed by atoms with E-state index in [2.05, 4.69) is 4.99 Å². The molecule has 2 aromatic rings. The molecule has 3 rings (SSSR count). The van der Waals surface area contributed by atoms with Gasteiger partial charge in [0, 0.05) is 24.7 Å². The number of thiazole rings is 1. The van der Waals surface area contributed by atoms with Gasteiger partial charge in [0.2, 0.25) is 0 Å². The highest BCUT2D eigenvalue weighted by molar-refractivity contribution is 7.07. The van der Waals surface area contributed by atoms with Gasteiger partial charge >= 0.3 is 12.2 Å². The number of hydrogen-bond donors (Lipinski definition) is 0. The Bertz CT molecular complexity index is 928. The lowest BCUT2D eigenvalue weighted by Crippen LogP contribution is -2.28. The maximum absolute atomic E-state index is 14.2. The summed E-state index contributed by atoms with van der Waals surface area (Å²) in [5.41, 5.74) is -4.09. The van der Waals surface area contributed by atoms with Gasteiger partial charge in [0.25, 0.3) is 0 Å². The third-order valence-electron chi connectivity index (χ3n) is 3.92. The summed E-state index contributed by atoms with van der Waals surface area (Å²) in [5.74, 6) is -9.64. The van der Waals surface area contributed by atoms with E-state index in [0.717, 1.165) is 30.4 Å². The quantitative estimate of drug-likeness (QED) is 0.509. The van der Waals surface area contributed by atoms with E-state index in [9.17, 15) is 35.5 Å². The van der Waals surface area contributed by atoms with Crippen molar-refractivity contribution in [2.45, 2.75) is 19.0 Å². The first kappa shape index (κ1) is 19.4. The van der Waals surface area contributed by atoms with Crippen molar-refractivity contribution in [3.05, 3.63) is 45.2 Å². The van der Waals surface area contributed by atoms with Gasteiger partial charge < -0.3 is 4.90 Å². The van der Waals surface area contributed by atoms with Crippen molar-refractivity contribution in [1.29, 1.82) is 0 Å². The van der Waals surface area contributed by atoms with E-state index < -0.39 is 46.7 Å². The molecule has 1 aliphatic rings. The molecule has 12 heteroatoms. The smallest absolute Gasteiger partial charge is 0.323 e. The molecule has 0 bridgehead atoms. The van der Waals surface area contributed by atoms with Crippen LogP contribution in [0.3, 0.4) is 0 Å². The normalized spacial score (nSPS) is 15.7. The summed E-state index contributed by atoms with van der Waals surface area (Å²) in [7, 11) is 0. The highest BCUT2D eigenvalue weighted by atomic mass is 32.1. The molecule has 2 heterocycles. The van der Waals surface area contributed by atoms with E-state index in [1.165, 1.54) is 10.3 Å². The molecule has 1 fully saturated rings. The van der Waals surface area contributed by atoms with Crippen LogP contribution in [-0.2, 0) is 6.18 Å². The standard InChI is InChI=1S/C15H10F7N3OS/c16-8-7(15(20,21)22)9(17)11(19)12(10(8)18)25-5-6-27-14(25)23-13(26)24-3-1-2-4-24/h5-6H,1-4H2/b23-14-. The zero-order chi connectivity index (χ0) is 19.9. The van der Waals surface area contributed by atoms with Crippen LogP contribution in [0.15, 0.2) is 16.6 Å². The Kier molecular flexibility index (Phi) is 5.02. The molecule has 0 spiro atoms. The summed E-state index contributed by atoms with van der Waals surface area (Å²) >= 11 is 0.719. The molecule has 0 radical (unpaired) electrons. The highest BCUT2D eigenvalue weighted by Gasteiger charge is 2.42. The average molecular weight is 413 g/mol. The Labute approximate surface area is 151 Å². The predicted molar refractivity (Wildman–Crippen MR) is 80.2 cm³/mol. The summed E-state index contributed by atoms with van der Waals surface area (Å²) in [4.78, 5) is 16.7. The second-order valence-corrected chi connectivity index (χ2v) is 6.49. The number of amides is 2. The van der Waals surface area contributed by atoms with Crippen LogP contribution in [0.2, 0.25) is 0 Å². The van der Waals surface area contributed by atoms with E-state index in [1.807, 2.05) is 0 Å². The summed E-state index contributed by atoms with van der Waals surface area (Å²) in [6.45, 7) is 0.861. The second-order valence-electron chi connectivity index (χ2n) is 5.62. The van der Waals surface area contributed by atoms with Gasteiger partial charge in [-0.15, -0.1) is 11.3 Å². The van der Waals surface area contributed by atoms with Crippen LogP contribution >= 0.6 is 11.3 Å². The van der Waals surface area contributed by atoms with Crippen molar-refractivity contribution < 1.29 is 35.5 Å². The summed E-state index contributed by atoms with van der Waals surface area (Å²) in [5, 5.41) is 1.21. The van der Waals surface area contributed by atoms with Gasteiger partial charge in [0.15, 0.2) is 28.1 Å². The Balaban J connectivity index is 2.17. The Morgan fingerprint density at radius 3 is 2.07 bits per heavy atom. The topological polar surface area (TPSA) is 37.6 Å². The fourth-order valence-corrected chi connectivity index (χ4v) is 3.37. The molecule has 2 amide bonds. The minimum absolute atomic E-state index is 0.344. The van der Waals surface area contributed by atoms with Crippen molar-refractivity contribution in [2.75, 3.05) is 13.1 Å². The van der Waals surface area contributed by atoms with Crippen molar-refractivity contribution >= 4 is 17.4 Å². The average Bonchev–Trinajstić information content (AvgIpc) is 3.24. The molecule has 1 aromatic heterocycles. The molecule has 27 heavy (non-hydrogen) atoms. The van der Waals surface area contributed by atoms with E-state index in [0.29, 0.717) is 17.7 Å².